The molecule has 4 heteroatoms. The highest BCUT2D eigenvalue weighted by Gasteiger charge is 2.10. The Kier molecular flexibility index (Phi) is 6.77. The molecule has 0 aromatic rings. The van der Waals surface area contributed by atoms with Crippen LogP contribution in [-0.4, -0.2) is 37.5 Å². The number of hydrogen-bond acceptors (Lipinski definition) is 3. The van der Waals surface area contributed by atoms with Crippen molar-refractivity contribution in [3.63, 3.8) is 0 Å². The Morgan fingerprint density at radius 1 is 1.57 bits per heavy atom. The van der Waals surface area contributed by atoms with E-state index in [0.29, 0.717) is 25.4 Å². The van der Waals surface area contributed by atoms with E-state index in [-0.39, 0.29) is 5.91 Å². The van der Waals surface area contributed by atoms with Crippen LogP contribution in [0.5, 0.6) is 0 Å². The van der Waals surface area contributed by atoms with Crippen molar-refractivity contribution in [2.75, 3.05) is 26.7 Å². The van der Waals surface area contributed by atoms with Crippen LogP contribution < -0.4 is 5.32 Å². The van der Waals surface area contributed by atoms with Gasteiger partial charge in [-0.2, -0.15) is 5.26 Å². The lowest BCUT2D eigenvalue weighted by Gasteiger charge is -2.21. The normalized spacial score (nSPS) is 10.3. The molecule has 0 aliphatic rings. The second-order valence-electron chi connectivity index (χ2n) is 3.71. The average Bonchev–Trinajstić information content (AvgIpc) is 2.13. The SMILES string of the molecule is CNC(=O)CN(CCC#N)CC(C)C. The fourth-order valence-electron chi connectivity index (χ4n) is 1.24. The predicted molar refractivity (Wildman–Crippen MR) is 55.6 cm³/mol. The summed E-state index contributed by atoms with van der Waals surface area (Å²) in [7, 11) is 1.63. The van der Waals surface area contributed by atoms with Crippen LogP contribution in [0.1, 0.15) is 20.3 Å². The van der Waals surface area contributed by atoms with Gasteiger partial charge in [0.25, 0.3) is 0 Å². The van der Waals surface area contributed by atoms with Crippen LogP contribution in [0.25, 0.3) is 0 Å². The Morgan fingerprint density at radius 3 is 2.64 bits per heavy atom. The third-order valence-corrected chi connectivity index (χ3v) is 1.81. The maximum Gasteiger partial charge on any atom is 0.233 e. The summed E-state index contributed by atoms with van der Waals surface area (Å²) in [6, 6.07) is 2.09. The van der Waals surface area contributed by atoms with E-state index in [4.69, 9.17) is 5.26 Å². The molecule has 1 amide bonds. The number of carbonyl (C=O) groups excluding carboxylic acids is 1. The number of nitrogens with zero attached hydrogens (tertiary/aromatic N) is 2. The zero-order valence-corrected chi connectivity index (χ0v) is 9.21. The Morgan fingerprint density at radius 2 is 2.21 bits per heavy atom. The molecule has 0 radical (unpaired) electrons. The zero-order chi connectivity index (χ0) is 11.0. The summed E-state index contributed by atoms with van der Waals surface area (Å²) in [4.78, 5) is 13.1. The summed E-state index contributed by atoms with van der Waals surface area (Å²) >= 11 is 0. The summed E-state index contributed by atoms with van der Waals surface area (Å²) in [5.74, 6) is 0.516. The number of amides is 1. The average molecular weight is 197 g/mol. The number of rotatable bonds is 6. The van der Waals surface area contributed by atoms with Gasteiger partial charge in [0.2, 0.25) is 5.91 Å². The minimum Gasteiger partial charge on any atom is -0.358 e. The highest BCUT2D eigenvalue weighted by Crippen LogP contribution is 1.99. The van der Waals surface area contributed by atoms with E-state index in [9.17, 15) is 4.79 Å². The van der Waals surface area contributed by atoms with Gasteiger partial charge < -0.3 is 5.32 Å². The molecule has 0 aromatic heterocycles. The smallest absolute Gasteiger partial charge is 0.233 e. The number of likely N-dealkylation sites (N-methyl/N-ethyl adjacent to an activating group) is 1. The molecule has 80 valence electrons. The van der Waals surface area contributed by atoms with Crippen LogP contribution in [-0.2, 0) is 4.79 Å². The first-order chi connectivity index (χ1) is 6.60. The molecule has 14 heavy (non-hydrogen) atoms. The molecule has 0 aliphatic carbocycles. The third-order valence-electron chi connectivity index (χ3n) is 1.81. The van der Waals surface area contributed by atoms with Gasteiger partial charge in [0.05, 0.1) is 12.6 Å². The van der Waals surface area contributed by atoms with Crippen molar-refractivity contribution in [2.24, 2.45) is 5.92 Å². The molecule has 0 fully saturated rings. The first-order valence-electron chi connectivity index (χ1n) is 4.90. The van der Waals surface area contributed by atoms with Gasteiger partial charge in [-0.3, -0.25) is 9.69 Å². The monoisotopic (exact) mass is 197 g/mol. The maximum atomic E-state index is 11.1. The lowest BCUT2D eigenvalue weighted by molar-refractivity contribution is -0.121. The van der Waals surface area contributed by atoms with Crippen LogP contribution in [0.2, 0.25) is 0 Å². The second-order valence-corrected chi connectivity index (χ2v) is 3.71. The van der Waals surface area contributed by atoms with E-state index in [1.807, 2.05) is 4.90 Å². The molecular weight excluding hydrogens is 178 g/mol. The summed E-state index contributed by atoms with van der Waals surface area (Å²) in [6.07, 6.45) is 0.476. The fraction of sp³-hybridized carbons (Fsp3) is 0.800. The molecule has 0 saturated carbocycles. The van der Waals surface area contributed by atoms with Gasteiger partial charge in [-0.25, -0.2) is 0 Å². The molecule has 0 aliphatic heterocycles. The van der Waals surface area contributed by atoms with E-state index in [1.54, 1.807) is 7.05 Å². The standard InChI is InChI=1S/C10H19N3O/c1-9(2)7-13(6-4-5-11)8-10(14)12-3/h9H,4,6-8H2,1-3H3,(H,12,14). The van der Waals surface area contributed by atoms with Crippen molar-refractivity contribution in [3.8, 4) is 6.07 Å². The van der Waals surface area contributed by atoms with Crippen molar-refractivity contribution in [1.82, 2.24) is 10.2 Å². The Bertz CT molecular complexity index is 208. The number of nitriles is 1. The Balaban J connectivity index is 3.97. The van der Waals surface area contributed by atoms with Crippen molar-refractivity contribution in [1.29, 1.82) is 5.26 Å². The maximum absolute atomic E-state index is 11.1. The van der Waals surface area contributed by atoms with Crippen molar-refractivity contribution < 1.29 is 4.79 Å². The molecule has 4 nitrogen and oxygen atoms in total. The van der Waals surface area contributed by atoms with E-state index >= 15 is 0 Å². The highest BCUT2D eigenvalue weighted by molar-refractivity contribution is 5.77. The topological polar surface area (TPSA) is 56.1 Å². The quantitative estimate of drug-likeness (QED) is 0.678. The minimum absolute atomic E-state index is 0.00332. The molecule has 0 rings (SSSR count). The third kappa shape index (κ3) is 6.44. The van der Waals surface area contributed by atoms with Gasteiger partial charge in [0.1, 0.15) is 0 Å². The molecule has 0 heterocycles. The fourth-order valence-corrected chi connectivity index (χ4v) is 1.24. The van der Waals surface area contributed by atoms with Crippen LogP contribution in [0, 0.1) is 17.2 Å². The summed E-state index contributed by atoms with van der Waals surface area (Å²) in [5, 5.41) is 11.0. The lowest BCUT2D eigenvalue weighted by Crippen LogP contribution is -2.38. The van der Waals surface area contributed by atoms with Crippen LogP contribution in [0.3, 0.4) is 0 Å². The number of carbonyl (C=O) groups is 1. The van der Waals surface area contributed by atoms with Crippen LogP contribution in [0.4, 0.5) is 0 Å². The first-order valence-corrected chi connectivity index (χ1v) is 4.90. The van der Waals surface area contributed by atoms with Crippen LogP contribution >= 0.6 is 0 Å². The van der Waals surface area contributed by atoms with E-state index in [1.165, 1.54) is 0 Å². The second kappa shape index (κ2) is 7.34. The Hall–Kier alpha value is -1.08. The van der Waals surface area contributed by atoms with Crippen molar-refractivity contribution in [2.45, 2.75) is 20.3 Å². The molecule has 1 N–H and O–H groups in total. The largest absolute Gasteiger partial charge is 0.358 e. The van der Waals surface area contributed by atoms with Crippen LogP contribution in [0.15, 0.2) is 0 Å². The van der Waals surface area contributed by atoms with Gasteiger partial charge in [0.15, 0.2) is 0 Å². The molecule has 0 unspecified atom stereocenters. The predicted octanol–water partition coefficient (Wildman–Crippen LogP) is 0.604. The lowest BCUT2D eigenvalue weighted by atomic mass is 10.2. The van der Waals surface area contributed by atoms with E-state index < -0.39 is 0 Å². The molecule has 0 saturated heterocycles. The number of hydrogen-bond donors (Lipinski definition) is 1. The minimum atomic E-state index is 0.00332. The van der Waals surface area contributed by atoms with Gasteiger partial charge in [0, 0.05) is 26.6 Å². The van der Waals surface area contributed by atoms with E-state index in [2.05, 4.69) is 25.2 Å². The molecular formula is C10H19N3O. The summed E-state index contributed by atoms with van der Waals surface area (Å²) in [5.41, 5.74) is 0. The summed E-state index contributed by atoms with van der Waals surface area (Å²) in [6.45, 7) is 6.11. The van der Waals surface area contributed by atoms with Gasteiger partial charge in [-0.15, -0.1) is 0 Å². The van der Waals surface area contributed by atoms with E-state index in [0.717, 1.165) is 6.54 Å². The zero-order valence-electron chi connectivity index (χ0n) is 9.21. The summed E-state index contributed by atoms with van der Waals surface area (Å²) < 4.78 is 0. The molecule has 0 bridgehead atoms. The Labute approximate surface area is 85.9 Å². The van der Waals surface area contributed by atoms with Gasteiger partial charge in [-0.05, 0) is 5.92 Å². The van der Waals surface area contributed by atoms with Crippen molar-refractivity contribution in [3.05, 3.63) is 0 Å². The van der Waals surface area contributed by atoms with Crippen molar-refractivity contribution >= 4 is 5.91 Å². The number of nitrogens with one attached hydrogen (secondary N) is 1. The van der Waals surface area contributed by atoms with Gasteiger partial charge >= 0.3 is 0 Å². The highest BCUT2D eigenvalue weighted by atomic mass is 16.1. The molecule has 0 spiro atoms. The van der Waals surface area contributed by atoms with Gasteiger partial charge in [-0.1, -0.05) is 13.8 Å². The molecule has 0 atom stereocenters. The molecule has 0 aromatic carbocycles. The first kappa shape index (κ1) is 12.9.